The summed E-state index contributed by atoms with van der Waals surface area (Å²) in [5.41, 5.74) is 2.50. The number of benzene rings is 1. The van der Waals surface area contributed by atoms with Gasteiger partial charge < -0.3 is 24.1 Å². The highest BCUT2D eigenvalue weighted by Gasteiger charge is 2.35. The number of methoxy groups -OCH3 is 2. The van der Waals surface area contributed by atoms with Crippen LogP contribution in [0.5, 0.6) is 11.5 Å². The third-order valence-electron chi connectivity index (χ3n) is 5.09. The van der Waals surface area contributed by atoms with E-state index in [0.29, 0.717) is 28.1 Å². The molecule has 1 aromatic carbocycles. The van der Waals surface area contributed by atoms with Crippen LogP contribution in [-0.2, 0) is 11.3 Å². The number of aromatic nitrogens is 1. The lowest BCUT2D eigenvalue weighted by molar-refractivity contribution is -0.0512. The number of aromatic amines is 1. The number of alkyl halides is 2. The van der Waals surface area contributed by atoms with E-state index in [2.05, 4.69) is 9.72 Å². The van der Waals surface area contributed by atoms with Crippen molar-refractivity contribution < 1.29 is 32.6 Å². The zero-order chi connectivity index (χ0) is 22.0. The standard InChI is InChI=1S/C21H24F2N2O5/c1-11-17(20(27)29-4)12(2)24-18(11)19(26)25(14-6-7-14)10-13-5-8-15(30-21(22)23)16(9-13)28-3/h5,8-9,14,21,24H,6-7,10H2,1-4H3. The van der Waals surface area contributed by atoms with Crippen LogP contribution in [0.1, 0.15) is 50.5 Å². The lowest BCUT2D eigenvalue weighted by atomic mass is 10.1. The number of carbonyl (C=O) groups excluding carboxylic acids is 2. The molecule has 9 heteroatoms. The zero-order valence-electron chi connectivity index (χ0n) is 17.3. The number of rotatable bonds is 8. The van der Waals surface area contributed by atoms with Gasteiger partial charge in [0.15, 0.2) is 11.5 Å². The van der Waals surface area contributed by atoms with Gasteiger partial charge in [-0.1, -0.05) is 6.07 Å². The Labute approximate surface area is 172 Å². The minimum absolute atomic E-state index is 0.0703. The molecule has 0 spiro atoms. The zero-order valence-corrected chi connectivity index (χ0v) is 17.3. The number of nitrogens with one attached hydrogen (secondary N) is 1. The van der Waals surface area contributed by atoms with Crippen LogP contribution in [0.2, 0.25) is 0 Å². The Kier molecular flexibility index (Phi) is 6.28. The Balaban J connectivity index is 1.87. The van der Waals surface area contributed by atoms with Gasteiger partial charge >= 0.3 is 12.6 Å². The summed E-state index contributed by atoms with van der Waals surface area (Å²) in [7, 11) is 2.65. The van der Waals surface area contributed by atoms with Crippen molar-refractivity contribution in [3.05, 3.63) is 46.3 Å². The Hall–Kier alpha value is -3.10. The molecular weight excluding hydrogens is 398 g/mol. The van der Waals surface area contributed by atoms with Crippen LogP contribution in [0.25, 0.3) is 0 Å². The van der Waals surface area contributed by atoms with Crippen molar-refractivity contribution in [3.8, 4) is 11.5 Å². The Morgan fingerprint density at radius 2 is 1.90 bits per heavy atom. The van der Waals surface area contributed by atoms with Gasteiger partial charge in [0.05, 0.1) is 19.8 Å². The second kappa shape index (κ2) is 8.73. The first-order chi connectivity index (χ1) is 14.3. The fraction of sp³-hybridized carbons (Fsp3) is 0.429. The van der Waals surface area contributed by atoms with E-state index >= 15 is 0 Å². The number of esters is 1. The third kappa shape index (κ3) is 4.39. The molecule has 0 radical (unpaired) electrons. The quantitative estimate of drug-likeness (QED) is 0.654. The molecule has 3 rings (SSSR count). The van der Waals surface area contributed by atoms with E-state index in [-0.39, 0.29) is 30.0 Å². The van der Waals surface area contributed by atoms with E-state index < -0.39 is 12.6 Å². The fourth-order valence-corrected chi connectivity index (χ4v) is 3.47. The molecule has 1 aromatic heterocycles. The minimum Gasteiger partial charge on any atom is -0.493 e. The van der Waals surface area contributed by atoms with Crippen LogP contribution in [0, 0.1) is 13.8 Å². The summed E-state index contributed by atoms with van der Waals surface area (Å²) in [6.45, 7) is 0.717. The second-order valence-corrected chi connectivity index (χ2v) is 7.14. The number of hydrogen-bond acceptors (Lipinski definition) is 5. The molecule has 0 bridgehead atoms. The molecule has 162 valence electrons. The SMILES string of the molecule is COC(=O)c1c(C)[nH]c(C(=O)N(Cc2ccc(OC(F)F)c(OC)c2)C2CC2)c1C. The third-order valence-corrected chi connectivity index (χ3v) is 5.09. The molecule has 1 saturated carbocycles. The van der Waals surface area contributed by atoms with Crippen molar-refractivity contribution in [2.75, 3.05) is 14.2 Å². The van der Waals surface area contributed by atoms with Crippen LogP contribution in [0.4, 0.5) is 8.78 Å². The molecule has 1 aliphatic rings. The average molecular weight is 422 g/mol. The molecule has 1 N–H and O–H groups in total. The van der Waals surface area contributed by atoms with Gasteiger partial charge in [0, 0.05) is 18.3 Å². The highest BCUT2D eigenvalue weighted by molar-refractivity contribution is 6.00. The van der Waals surface area contributed by atoms with Gasteiger partial charge in [0.1, 0.15) is 5.69 Å². The van der Waals surface area contributed by atoms with E-state index in [1.165, 1.54) is 20.3 Å². The molecule has 1 aliphatic carbocycles. The highest BCUT2D eigenvalue weighted by Crippen LogP contribution is 2.34. The highest BCUT2D eigenvalue weighted by atomic mass is 19.3. The van der Waals surface area contributed by atoms with Crippen molar-refractivity contribution in [2.45, 2.75) is 45.9 Å². The first-order valence-corrected chi connectivity index (χ1v) is 9.47. The molecule has 1 heterocycles. The monoisotopic (exact) mass is 422 g/mol. The van der Waals surface area contributed by atoms with Crippen LogP contribution in [0.3, 0.4) is 0 Å². The maximum atomic E-state index is 13.3. The number of aryl methyl sites for hydroxylation is 1. The van der Waals surface area contributed by atoms with Crippen LogP contribution in [-0.4, -0.2) is 48.6 Å². The lowest BCUT2D eigenvalue weighted by Gasteiger charge is -2.23. The van der Waals surface area contributed by atoms with Crippen LogP contribution >= 0.6 is 0 Å². The van der Waals surface area contributed by atoms with E-state index in [0.717, 1.165) is 12.8 Å². The predicted octanol–water partition coefficient (Wildman–Crippen LogP) is 3.83. The largest absolute Gasteiger partial charge is 0.493 e. The van der Waals surface area contributed by atoms with Crippen LogP contribution < -0.4 is 9.47 Å². The summed E-state index contributed by atoms with van der Waals surface area (Å²) in [6, 6.07) is 4.67. The van der Waals surface area contributed by atoms with E-state index in [1.54, 1.807) is 30.9 Å². The Bertz CT molecular complexity index is 953. The molecule has 0 aliphatic heterocycles. The molecule has 30 heavy (non-hydrogen) atoms. The molecule has 7 nitrogen and oxygen atoms in total. The Morgan fingerprint density at radius 3 is 2.47 bits per heavy atom. The van der Waals surface area contributed by atoms with Gasteiger partial charge in [-0.25, -0.2) is 4.79 Å². The number of carbonyl (C=O) groups is 2. The number of nitrogens with zero attached hydrogens (tertiary/aromatic N) is 1. The molecular formula is C21H24F2N2O5. The predicted molar refractivity (Wildman–Crippen MR) is 104 cm³/mol. The fourth-order valence-electron chi connectivity index (χ4n) is 3.47. The van der Waals surface area contributed by atoms with Gasteiger partial charge in [-0.3, -0.25) is 4.79 Å². The summed E-state index contributed by atoms with van der Waals surface area (Å²) in [5, 5.41) is 0. The summed E-state index contributed by atoms with van der Waals surface area (Å²) in [5.74, 6) is -0.646. The van der Waals surface area contributed by atoms with Gasteiger partial charge in [-0.05, 0) is 49.9 Å². The number of hydrogen-bond donors (Lipinski definition) is 1. The molecule has 0 atom stereocenters. The molecule has 1 fully saturated rings. The lowest BCUT2D eigenvalue weighted by Crippen LogP contribution is -2.33. The van der Waals surface area contributed by atoms with E-state index in [1.807, 2.05) is 0 Å². The van der Waals surface area contributed by atoms with Gasteiger partial charge in [-0.15, -0.1) is 0 Å². The first-order valence-electron chi connectivity index (χ1n) is 9.47. The number of halogens is 2. The van der Waals surface area contributed by atoms with E-state index in [9.17, 15) is 18.4 Å². The van der Waals surface area contributed by atoms with Crippen molar-refractivity contribution in [1.82, 2.24) is 9.88 Å². The van der Waals surface area contributed by atoms with Gasteiger partial charge in [0.25, 0.3) is 5.91 Å². The summed E-state index contributed by atoms with van der Waals surface area (Å²) < 4.78 is 39.5. The number of amides is 1. The van der Waals surface area contributed by atoms with Crippen molar-refractivity contribution in [3.63, 3.8) is 0 Å². The normalized spacial score (nSPS) is 13.3. The van der Waals surface area contributed by atoms with Gasteiger partial charge in [-0.2, -0.15) is 8.78 Å². The Morgan fingerprint density at radius 1 is 1.20 bits per heavy atom. The topological polar surface area (TPSA) is 80.9 Å². The van der Waals surface area contributed by atoms with E-state index in [4.69, 9.17) is 9.47 Å². The minimum atomic E-state index is -2.96. The number of H-pyrrole nitrogens is 1. The smallest absolute Gasteiger partial charge is 0.387 e. The van der Waals surface area contributed by atoms with Crippen molar-refractivity contribution in [1.29, 1.82) is 0 Å². The second-order valence-electron chi connectivity index (χ2n) is 7.14. The maximum Gasteiger partial charge on any atom is 0.387 e. The summed E-state index contributed by atoms with van der Waals surface area (Å²) in [4.78, 5) is 30.0. The van der Waals surface area contributed by atoms with Gasteiger partial charge in [0.2, 0.25) is 0 Å². The first kappa shape index (κ1) is 21.6. The average Bonchev–Trinajstić information content (AvgIpc) is 3.50. The maximum absolute atomic E-state index is 13.3. The van der Waals surface area contributed by atoms with Crippen LogP contribution in [0.15, 0.2) is 18.2 Å². The number of ether oxygens (including phenoxy) is 3. The van der Waals surface area contributed by atoms with Crippen molar-refractivity contribution >= 4 is 11.9 Å². The summed E-state index contributed by atoms with van der Waals surface area (Å²) >= 11 is 0. The molecule has 2 aromatic rings. The molecule has 0 unspecified atom stereocenters. The molecule has 0 saturated heterocycles. The summed E-state index contributed by atoms with van der Waals surface area (Å²) in [6.07, 6.45) is 1.75. The van der Waals surface area contributed by atoms with Crippen molar-refractivity contribution in [2.24, 2.45) is 0 Å². The molecule has 1 amide bonds.